The second-order valence-corrected chi connectivity index (χ2v) is 8.83. The van der Waals surface area contributed by atoms with Gasteiger partial charge in [0, 0.05) is 25.8 Å². The predicted molar refractivity (Wildman–Crippen MR) is 132 cm³/mol. The van der Waals surface area contributed by atoms with E-state index in [0.29, 0.717) is 32.4 Å². The molecule has 0 spiro atoms. The molecule has 1 aliphatic heterocycles. The number of likely N-dealkylation sites (tertiary alicyclic amines) is 1. The lowest BCUT2D eigenvalue weighted by molar-refractivity contribution is -0.137. The van der Waals surface area contributed by atoms with Gasteiger partial charge in [-0.25, -0.2) is 0 Å². The summed E-state index contributed by atoms with van der Waals surface area (Å²) in [5.41, 5.74) is 2.09. The van der Waals surface area contributed by atoms with Crippen LogP contribution in [0.4, 0.5) is 0 Å². The van der Waals surface area contributed by atoms with E-state index in [2.05, 4.69) is 0 Å². The van der Waals surface area contributed by atoms with Gasteiger partial charge in [0.25, 0.3) is 0 Å². The zero-order valence-electron chi connectivity index (χ0n) is 19.6. The van der Waals surface area contributed by atoms with Gasteiger partial charge >= 0.3 is 5.97 Å². The summed E-state index contributed by atoms with van der Waals surface area (Å²) in [5, 5.41) is 19.3. The fraction of sp³-hybridized carbons (Fsp3) is 0.429. The molecular formula is C28H35NO5. The first-order valence-corrected chi connectivity index (χ1v) is 12.1. The number of rotatable bonds is 14. The van der Waals surface area contributed by atoms with Gasteiger partial charge in [-0.05, 0) is 42.5 Å². The number of carboxylic acids is 1. The molecule has 0 aromatic heterocycles. The molecule has 2 aromatic carbocycles. The molecule has 2 N–H and O–H groups in total. The SMILES string of the molecule is O=C(O)CCCCCCN1C(=O)CC[C@@H]1C=C[C@@H](O)Cc1cccc(OCc2ccccc2)c1. The Labute approximate surface area is 201 Å². The first-order valence-electron chi connectivity index (χ1n) is 12.1. The Morgan fingerprint density at radius 3 is 2.62 bits per heavy atom. The summed E-state index contributed by atoms with van der Waals surface area (Å²) in [5.74, 6) is 0.163. The van der Waals surface area contributed by atoms with Crippen molar-refractivity contribution in [2.75, 3.05) is 6.54 Å². The van der Waals surface area contributed by atoms with E-state index in [1.807, 2.05) is 65.6 Å². The van der Waals surface area contributed by atoms with Crippen LogP contribution in [0.1, 0.15) is 56.1 Å². The Morgan fingerprint density at radius 2 is 1.82 bits per heavy atom. The maximum Gasteiger partial charge on any atom is 0.303 e. The molecule has 1 aliphatic rings. The van der Waals surface area contributed by atoms with Crippen molar-refractivity contribution in [3.63, 3.8) is 0 Å². The number of amides is 1. The molecule has 1 saturated heterocycles. The predicted octanol–water partition coefficient (Wildman–Crippen LogP) is 4.75. The number of ether oxygens (including phenoxy) is 1. The van der Waals surface area contributed by atoms with E-state index >= 15 is 0 Å². The summed E-state index contributed by atoms with van der Waals surface area (Å²) in [6.45, 7) is 1.18. The van der Waals surface area contributed by atoms with Crippen LogP contribution in [0.15, 0.2) is 66.7 Å². The molecule has 1 fully saturated rings. The summed E-state index contributed by atoms with van der Waals surface area (Å²) >= 11 is 0. The minimum atomic E-state index is -0.759. The largest absolute Gasteiger partial charge is 0.489 e. The van der Waals surface area contributed by atoms with Gasteiger partial charge in [-0.3, -0.25) is 9.59 Å². The molecule has 0 radical (unpaired) electrons. The molecule has 182 valence electrons. The normalized spacial score (nSPS) is 16.8. The third-order valence-corrected chi connectivity index (χ3v) is 6.06. The summed E-state index contributed by atoms with van der Waals surface area (Å²) < 4.78 is 5.88. The quantitative estimate of drug-likeness (QED) is 0.311. The number of carbonyl (C=O) groups excluding carboxylic acids is 1. The van der Waals surface area contributed by atoms with Crippen LogP contribution in [-0.2, 0) is 22.6 Å². The van der Waals surface area contributed by atoms with Crippen molar-refractivity contribution in [3.8, 4) is 5.75 Å². The van der Waals surface area contributed by atoms with Crippen molar-refractivity contribution in [3.05, 3.63) is 77.9 Å². The molecule has 6 nitrogen and oxygen atoms in total. The Kier molecular flexibility index (Phi) is 10.2. The number of benzene rings is 2. The first kappa shape index (κ1) is 25.5. The molecule has 0 unspecified atom stereocenters. The third-order valence-electron chi connectivity index (χ3n) is 6.06. The maximum absolute atomic E-state index is 12.3. The van der Waals surface area contributed by atoms with Crippen molar-refractivity contribution in [2.45, 2.75) is 70.1 Å². The Hall–Kier alpha value is -3.12. The van der Waals surface area contributed by atoms with Gasteiger partial charge in [0.15, 0.2) is 0 Å². The molecule has 0 bridgehead atoms. The van der Waals surface area contributed by atoms with Crippen molar-refractivity contribution < 1.29 is 24.5 Å². The van der Waals surface area contributed by atoms with Crippen LogP contribution in [0.2, 0.25) is 0 Å². The maximum atomic E-state index is 12.3. The highest BCUT2D eigenvalue weighted by atomic mass is 16.5. The molecule has 3 rings (SSSR count). The lowest BCUT2D eigenvalue weighted by Gasteiger charge is -2.22. The minimum absolute atomic E-state index is 0.0155. The van der Waals surface area contributed by atoms with Gasteiger partial charge < -0.3 is 19.8 Å². The van der Waals surface area contributed by atoms with E-state index in [1.54, 1.807) is 6.08 Å². The minimum Gasteiger partial charge on any atom is -0.489 e. The van der Waals surface area contributed by atoms with Crippen molar-refractivity contribution >= 4 is 11.9 Å². The Morgan fingerprint density at radius 1 is 1.06 bits per heavy atom. The van der Waals surface area contributed by atoms with Crippen LogP contribution in [0.25, 0.3) is 0 Å². The molecule has 0 aliphatic carbocycles. The lowest BCUT2D eigenvalue weighted by atomic mass is 10.1. The number of unbranched alkanes of at least 4 members (excludes halogenated alkanes) is 3. The molecular weight excluding hydrogens is 430 g/mol. The second kappa shape index (κ2) is 13.6. The van der Waals surface area contributed by atoms with Gasteiger partial charge in [-0.1, -0.05) is 67.5 Å². The highest BCUT2D eigenvalue weighted by Crippen LogP contribution is 2.22. The van der Waals surface area contributed by atoms with Crippen LogP contribution in [-0.4, -0.2) is 45.7 Å². The van der Waals surface area contributed by atoms with E-state index in [0.717, 1.165) is 42.6 Å². The second-order valence-electron chi connectivity index (χ2n) is 8.83. The molecule has 6 heteroatoms. The fourth-order valence-electron chi connectivity index (χ4n) is 4.23. The van der Waals surface area contributed by atoms with E-state index in [9.17, 15) is 14.7 Å². The number of nitrogens with zero attached hydrogens (tertiary/aromatic N) is 1. The zero-order valence-corrected chi connectivity index (χ0v) is 19.6. The molecule has 2 atom stereocenters. The molecule has 1 heterocycles. The van der Waals surface area contributed by atoms with Crippen LogP contribution >= 0.6 is 0 Å². The van der Waals surface area contributed by atoms with Crippen LogP contribution in [0, 0.1) is 0 Å². The van der Waals surface area contributed by atoms with E-state index in [1.165, 1.54) is 0 Å². The van der Waals surface area contributed by atoms with Gasteiger partial charge in [0.05, 0.1) is 12.1 Å². The van der Waals surface area contributed by atoms with Gasteiger partial charge in [0.1, 0.15) is 12.4 Å². The summed E-state index contributed by atoms with van der Waals surface area (Å²) in [7, 11) is 0. The van der Waals surface area contributed by atoms with Crippen LogP contribution < -0.4 is 4.74 Å². The number of carbonyl (C=O) groups is 2. The number of aliphatic hydroxyl groups excluding tert-OH is 1. The number of aliphatic carboxylic acids is 1. The van der Waals surface area contributed by atoms with Crippen molar-refractivity contribution in [1.29, 1.82) is 0 Å². The van der Waals surface area contributed by atoms with E-state index < -0.39 is 12.1 Å². The van der Waals surface area contributed by atoms with Crippen LogP contribution in [0.5, 0.6) is 5.75 Å². The average molecular weight is 466 g/mol. The number of carboxylic acid groups (broad SMARTS) is 1. The monoisotopic (exact) mass is 465 g/mol. The summed E-state index contributed by atoms with van der Waals surface area (Å²) in [6, 6.07) is 17.8. The Balaban J connectivity index is 1.44. The smallest absolute Gasteiger partial charge is 0.303 e. The van der Waals surface area contributed by atoms with Crippen LogP contribution in [0.3, 0.4) is 0 Å². The summed E-state index contributed by atoms with van der Waals surface area (Å²) in [6.07, 6.45) is 8.41. The average Bonchev–Trinajstić information content (AvgIpc) is 3.18. The standard InChI is InChI=1S/C28H35NO5/c30-25(19-23-11-8-12-26(20-23)34-21-22-9-4-3-5-10-22)16-14-24-15-17-27(31)29(24)18-7-2-1-6-13-28(32)33/h3-5,8-12,14,16,20,24-25,30H,1-2,6-7,13,15,17-19,21H2,(H,32,33)/t24-,25+/m0/s1. The molecule has 1 amide bonds. The van der Waals surface area contributed by atoms with Crippen molar-refractivity contribution in [1.82, 2.24) is 4.90 Å². The first-order chi connectivity index (χ1) is 16.5. The topological polar surface area (TPSA) is 87.1 Å². The molecule has 0 saturated carbocycles. The fourth-order valence-corrected chi connectivity index (χ4v) is 4.23. The van der Waals surface area contributed by atoms with E-state index in [4.69, 9.17) is 9.84 Å². The van der Waals surface area contributed by atoms with Gasteiger partial charge in [-0.2, -0.15) is 0 Å². The Bertz CT molecular complexity index is 943. The van der Waals surface area contributed by atoms with Gasteiger partial charge in [-0.15, -0.1) is 0 Å². The zero-order chi connectivity index (χ0) is 24.2. The number of aliphatic hydroxyl groups is 1. The molecule has 2 aromatic rings. The highest BCUT2D eigenvalue weighted by Gasteiger charge is 2.28. The number of hydrogen-bond donors (Lipinski definition) is 2. The van der Waals surface area contributed by atoms with Gasteiger partial charge in [0.2, 0.25) is 5.91 Å². The molecule has 34 heavy (non-hydrogen) atoms. The van der Waals surface area contributed by atoms with Crippen molar-refractivity contribution in [2.24, 2.45) is 0 Å². The highest BCUT2D eigenvalue weighted by molar-refractivity contribution is 5.79. The number of hydrogen-bond acceptors (Lipinski definition) is 4. The lowest BCUT2D eigenvalue weighted by Crippen LogP contribution is -2.32. The van der Waals surface area contributed by atoms with E-state index in [-0.39, 0.29) is 18.4 Å². The summed E-state index contributed by atoms with van der Waals surface area (Å²) in [4.78, 5) is 24.7. The third kappa shape index (κ3) is 8.67.